The van der Waals surface area contributed by atoms with Gasteiger partial charge in [-0.3, -0.25) is 4.79 Å². The normalized spacial score (nSPS) is 10.6. The molecule has 0 saturated carbocycles. The van der Waals surface area contributed by atoms with Crippen LogP contribution in [0.4, 0.5) is 0 Å². The van der Waals surface area contributed by atoms with Gasteiger partial charge in [-0.15, -0.1) is 0 Å². The summed E-state index contributed by atoms with van der Waals surface area (Å²) in [7, 11) is 1.64. The van der Waals surface area contributed by atoms with Gasteiger partial charge in [-0.2, -0.15) is 0 Å². The minimum atomic E-state index is -0.112. The molecule has 0 saturated heterocycles. The number of hydrogen-bond donors (Lipinski definition) is 1. The van der Waals surface area contributed by atoms with Crippen molar-refractivity contribution in [2.75, 3.05) is 13.4 Å². The maximum atomic E-state index is 12.6. The highest BCUT2D eigenvalue weighted by Crippen LogP contribution is 2.26. The summed E-state index contributed by atoms with van der Waals surface area (Å²) >= 11 is 1.42. The van der Waals surface area contributed by atoms with Gasteiger partial charge in [-0.25, -0.2) is 4.98 Å². The first kappa shape index (κ1) is 16.3. The van der Waals surface area contributed by atoms with Crippen LogP contribution >= 0.6 is 11.8 Å². The first-order chi connectivity index (χ1) is 11.7. The molecule has 24 heavy (non-hydrogen) atoms. The molecule has 0 aliphatic heterocycles. The Balaban J connectivity index is 2.15. The largest absolute Gasteiger partial charge is 0.496 e. The lowest BCUT2D eigenvalue weighted by Gasteiger charge is -2.12. The number of rotatable bonds is 5. The molecule has 1 heterocycles. The van der Waals surface area contributed by atoms with Crippen molar-refractivity contribution >= 4 is 11.8 Å². The lowest BCUT2D eigenvalue weighted by atomic mass is 10.00. The van der Waals surface area contributed by atoms with Crippen molar-refractivity contribution in [2.24, 2.45) is 0 Å². The van der Waals surface area contributed by atoms with E-state index in [0.717, 1.165) is 22.6 Å². The Morgan fingerprint density at radius 1 is 1.08 bits per heavy atom. The van der Waals surface area contributed by atoms with Crippen molar-refractivity contribution in [3.05, 3.63) is 76.1 Å². The van der Waals surface area contributed by atoms with E-state index < -0.39 is 0 Å². The van der Waals surface area contributed by atoms with Crippen LogP contribution in [0.3, 0.4) is 0 Å². The zero-order valence-electron chi connectivity index (χ0n) is 13.6. The van der Waals surface area contributed by atoms with Crippen LogP contribution in [0.2, 0.25) is 0 Å². The highest BCUT2D eigenvalue weighted by molar-refractivity contribution is 7.98. The quantitative estimate of drug-likeness (QED) is 0.568. The number of benzene rings is 2. The van der Waals surface area contributed by atoms with E-state index in [-0.39, 0.29) is 5.56 Å². The van der Waals surface area contributed by atoms with Crippen molar-refractivity contribution < 1.29 is 4.74 Å². The van der Waals surface area contributed by atoms with Gasteiger partial charge in [-0.1, -0.05) is 60.3 Å². The molecule has 0 fully saturated rings. The van der Waals surface area contributed by atoms with Crippen LogP contribution in [-0.2, 0) is 6.42 Å². The number of ether oxygens (including phenoxy) is 1. The number of para-hydroxylation sites is 1. The van der Waals surface area contributed by atoms with E-state index in [1.165, 1.54) is 11.8 Å². The topological polar surface area (TPSA) is 55.0 Å². The Labute approximate surface area is 144 Å². The van der Waals surface area contributed by atoms with Gasteiger partial charge in [0.25, 0.3) is 5.56 Å². The lowest BCUT2D eigenvalue weighted by molar-refractivity contribution is 0.410. The third-order valence-corrected chi connectivity index (χ3v) is 4.37. The van der Waals surface area contributed by atoms with Crippen molar-refractivity contribution in [3.8, 4) is 17.0 Å². The molecule has 0 radical (unpaired) electrons. The second kappa shape index (κ2) is 7.36. The second-order valence-corrected chi connectivity index (χ2v) is 6.05. The number of nitrogens with one attached hydrogen (secondary N) is 1. The minimum absolute atomic E-state index is 0.112. The molecule has 0 atom stereocenters. The van der Waals surface area contributed by atoms with Gasteiger partial charge in [0.2, 0.25) is 0 Å². The van der Waals surface area contributed by atoms with Crippen LogP contribution in [0, 0.1) is 0 Å². The summed E-state index contributed by atoms with van der Waals surface area (Å²) in [5, 5.41) is 0.614. The molecule has 2 aromatic carbocycles. The van der Waals surface area contributed by atoms with Crippen LogP contribution in [0.15, 0.2) is 64.5 Å². The molecular weight excluding hydrogens is 320 g/mol. The third kappa shape index (κ3) is 3.36. The SMILES string of the molecule is COc1ccccc1Cc1c(-c2ccccc2)nc(SC)[nH]c1=O. The predicted octanol–water partition coefficient (Wildman–Crippen LogP) is 3.76. The zero-order chi connectivity index (χ0) is 16.9. The average Bonchev–Trinajstić information content (AvgIpc) is 2.64. The molecule has 3 rings (SSSR count). The van der Waals surface area contributed by atoms with Gasteiger partial charge in [0, 0.05) is 17.5 Å². The van der Waals surface area contributed by atoms with Gasteiger partial charge >= 0.3 is 0 Å². The fourth-order valence-corrected chi connectivity index (χ4v) is 2.99. The van der Waals surface area contributed by atoms with E-state index in [1.54, 1.807) is 7.11 Å². The van der Waals surface area contributed by atoms with Gasteiger partial charge in [0.1, 0.15) is 5.75 Å². The Bertz CT molecular complexity index is 891. The summed E-state index contributed by atoms with van der Waals surface area (Å²) < 4.78 is 5.41. The second-order valence-electron chi connectivity index (χ2n) is 5.26. The van der Waals surface area contributed by atoms with Crippen LogP contribution in [-0.4, -0.2) is 23.3 Å². The Hall–Kier alpha value is -2.53. The van der Waals surface area contributed by atoms with Crippen molar-refractivity contribution in [2.45, 2.75) is 11.6 Å². The third-order valence-electron chi connectivity index (χ3n) is 3.79. The van der Waals surface area contributed by atoms with E-state index in [9.17, 15) is 4.79 Å². The molecule has 0 aliphatic rings. The van der Waals surface area contributed by atoms with E-state index >= 15 is 0 Å². The van der Waals surface area contributed by atoms with Crippen molar-refractivity contribution in [1.82, 2.24) is 9.97 Å². The molecule has 122 valence electrons. The monoisotopic (exact) mass is 338 g/mol. The van der Waals surface area contributed by atoms with E-state index in [0.29, 0.717) is 17.1 Å². The zero-order valence-corrected chi connectivity index (χ0v) is 14.4. The van der Waals surface area contributed by atoms with Crippen LogP contribution in [0.5, 0.6) is 5.75 Å². The molecule has 1 N–H and O–H groups in total. The standard InChI is InChI=1S/C19H18N2O2S/c1-23-16-11-7-6-10-14(16)12-15-17(13-8-4-3-5-9-13)20-19(24-2)21-18(15)22/h3-11H,12H2,1-2H3,(H,20,21,22). The number of hydrogen-bond acceptors (Lipinski definition) is 4. The van der Waals surface area contributed by atoms with Gasteiger partial charge in [-0.05, 0) is 17.9 Å². The summed E-state index contributed by atoms with van der Waals surface area (Å²) in [4.78, 5) is 20.1. The van der Waals surface area contributed by atoms with Gasteiger partial charge in [0.05, 0.1) is 12.8 Å². The highest BCUT2D eigenvalue weighted by Gasteiger charge is 2.15. The summed E-state index contributed by atoms with van der Waals surface area (Å²) in [5.41, 5.74) is 3.14. The fourth-order valence-electron chi connectivity index (χ4n) is 2.61. The predicted molar refractivity (Wildman–Crippen MR) is 97.9 cm³/mol. The fraction of sp³-hybridized carbons (Fsp3) is 0.158. The summed E-state index contributed by atoms with van der Waals surface area (Å²) in [5.74, 6) is 0.768. The van der Waals surface area contributed by atoms with Crippen molar-refractivity contribution in [3.63, 3.8) is 0 Å². The van der Waals surface area contributed by atoms with Gasteiger partial charge in [0.15, 0.2) is 5.16 Å². The number of thioether (sulfide) groups is 1. The summed E-state index contributed by atoms with van der Waals surface area (Å²) in [6.45, 7) is 0. The molecule has 5 heteroatoms. The lowest BCUT2D eigenvalue weighted by Crippen LogP contribution is -2.17. The molecule has 0 unspecified atom stereocenters. The van der Waals surface area contributed by atoms with Crippen LogP contribution < -0.4 is 10.3 Å². The van der Waals surface area contributed by atoms with E-state index in [2.05, 4.69) is 9.97 Å². The van der Waals surface area contributed by atoms with Crippen LogP contribution in [0.25, 0.3) is 11.3 Å². The van der Waals surface area contributed by atoms with Crippen LogP contribution in [0.1, 0.15) is 11.1 Å². The summed E-state index contributed by atoms with van der Waals surface area (Å²) in [6.07, 6.45) is 2.36. The number of aromatic amines is 1. The number of H-pyrrole nitrogens is 1. The molecule has 4 nitrogen and oxygen atoms in total. The molecule has 0 bridgehead atoms. The maximum absolute atomic E-state index is 12.6. The summed E-state index contributed by atoms with van der Waals surface area (Å²) in [6, 6.07) is 17.5. The first-order valence-electron chi connectivity index (χ1n) is 7.57. The average molecular weight is 338 g/mol. The molecule has 0 amide bonds. The van der Waals surface area contributed by atoms with E-state index in [1.807, 2.05) is 60.9 Å². The molecule has 1 aromatic heterocycles. The molecular formula is C19H18N2O2S. The Morgan fingerprint density at radius 3 is 2.50 bits per heavy atom. The molecule has 3 aromatic rings. The number of methoxy groups -OCH3 is 1. The maximum Gasteiger partial charge on any atom is 0.255 e. The highest BCUT2D eigenvalue weighted by atomic mass is 32.2. The van der Waals surface area contributed by atoms with Crippen molar-refractivity contribution in [1.29, 1.82) is 0 Å². The number of nitrogens with zero attached hydrogens (tertiary/aromatic N) is 1. The Morgan fingerprint density at radius 2 is 1.79 bits per heavy atom. The molecule has 0 spiro atoms. The number of aromatic nitrogens is 2. The Kier molecular flexibility index (Phi) is 5.01. The smallest absolute Gasteiger partial charge is 0.255 e. The van der Waals surface area contributed by atoms with E-state index in [4.69, 9.17) is 4.74 Å². The van der Waals surface area contributed by atoms with Gasteiger partial charge < -0.3 is 9.72 Å². The molecule has 0 aliphatic carbocycles. The first-order valence-corrected chi connectivity index (χ1v) is 8.80. The minimum Gasteiger partial charge on any atom is -0.496 e.